The molecule has 0 amide bonds. The van der Waals surface area contributed by atoms with E-state index >= 15 is 0 Å². The maximum absolute atomic E-state index is 4.06. The Kier molecular flexibility index (Phi) is 1.01. The first-order valence-corrected chi connectivity index (χ1v) is 3.19. The van der Waals surface area contributed by atoms with Crippen molar-refractivity contribution in [2.24, 2.45) is 0 Å². The number of nitrogens with zero attached hydrogens (tertiary/aromatic N) is 2. The summed E-state index contributed by atoms with van der Waals surface area (Å²) in [4.78, 5) is 4.06. The van der Waals surface area contributed by atoms with E-state index in [1.807, 2.05) is 35.7 Å². The van der Waals surface area contributed by atoms with E-state index in [0.29, 0.717) is 0 Å². The summed E-state index contributed by atoms with van der Waals surface area (Å²) < 4.78 is 2.00. The largest absolute Gasteiger partial charge is 0.304 e. The minimum absolute atomic E-state index is 0.958. The molecule has 0 aromatic carbocycles. The molecule has 0 aliphatic carbocycles. The second kappa shape index (κ2) is 1.84. The Labute approximate surface area is 59.1 Å². The van der Waals surface area contributed by atoms with E-state index in [1.54, 1.807) is 0 Å². The third-order valence-electron chi connectivity index (χ3n) is 1.53. The molecule has 49 valence electrons. The average molecular weight is 131 g/mol. The predicted molar refractivity (Wildman–Crippen MR) is 38.8 cm³/mol. The summed E-state index contributed by atoms with van der Waals surface area (Å²) >= 11 is 0. The van der Waals surface area contributed by atoms with Crippen LogP contribution in [0.4, 0.5) is 0 Å². The van der Waals surface area contributed by atoms with Gasteiger partial charge < -0.3 is 4.40 Å². The molecule has 0 unspecified atom stereocenters. The zero-order valence-electron chi connectivity index (χ0n) is 5.70. The number of aromatic nitrogens is 2. The quantitative estimate of drug-likeness (QED) is 0.529. The van der Waals surface area contributed by atoms with Gasteiger partial charge in [0.15, 0.2) is 0 Å². The van der Waals surface area contributed by atoms with Crippen molar-refractivity contribution >= 4 is 5.65 Å². The summed E-state index contributed by atoms with van der Waals surface area (Å²) in [6, 6.07) is 5.91. The Morgan fingerprint density at radius 2 is 2.40 bits per heavy atom. The first-order chi connectivity index (χ1) is 4.88. The molecule has 2 heterocycles. The van der Waals surface area contributed by atoms with Gasteiger partial charge in [0, 0.05) is 11.9 Å². The van der Waals surface area contributed by atoms with Crippen LogP contribution >= 0.6 is 0 Å². The van der Waals surface area contributed by atoms with Crippen molar-refractivity contribution in [3.8, 4) is 0 Å². The molecular weight excluding hydrogens is 124 g/mol. The van der Waals surface area contributed by atoms with Crippen molar-refractivity contribution in [2.45, 2.75) is 6.92 Å². The Morgan fingerprint density at radius 1 is 1.50 bits per heavy atom. The van der Waals surface area contributed by atoms with Gasteiger partial charge in [-0.25, -0.2) is 4.98 Å². The highest BCUT2D eigenvalue weighted by molar-refractivity contribution is 5.38. The fourth-order valence-corrected chi connectivity index (χ4v) is 1.00. The standard InChI is InChI=1S/C8H7N2/c1-7-6-9-8-4-2-3-5-10(7)8/h2-5H,1H3. The minimum Gasteiger partial charge on any atom is -0.304 e. The third kappa shape index (κ3) is 0.620. The fraction of sp³-hybridized carbons (Fsp3) is 0.125. The topological polar surface area (TPSA) is 17.3 Å². The number of pyridine rings is 1. The van der Waals surface area contributed by atoms with Gasteiger partial charge in [0.25, 0.3) is 0 Å². The van der Waals surface area contributed by atoms with E-state index in [9.17, 15) is 0 Å². The summed E-state index contributed by atoms with van der Waals surface area (Å²) in [7, 11) is 0. The number of hydrogen-bond donors (Lipinski definition) is 0. The van der Waals surface area contributed by atoms with Crippen molar-refractivity contribution in [1.82, 2.24) is 9.38 Å². The lowest BCUT2D eigenvalue weighted by Crippen LogP contribution is -1.83. The summed E-state index contributed by atoms with van der Waals surface area (Å²) in [6.45, 7) is 1.99. The first kappa shape index (κ1) is 5.47. The lowest BCUT2D eigenvalue weighted by Gasteiger charge is -1.91. The summed E-state index contributed by atoms with van der Waals surface area (Å²) in [6.07, 6.45) is 4.87. The molecular formula is C8H7N2. The SMILES string of the molecule is Cc1[c]nc2ccccn12. The monoisotopic (exact) mass is 131 g/mol. The van der Waals surface area contributed by atoms with E-state index in [0.717, 1.165) is 11.3 Å². The van der Waals surface area contributed by atoms with Crippen LogP contribution < -0.4 is 0 Å². The van der Waals surface area contributed by atoms with Gasteiger partial charge in [-0.1, -0.05) is 6.07 Å². The Bertz CT molecular complexity index is 349. The zero-order valence-corrected chi connectivity index (χ0v) is 5.70. The molecule has 0 fully saturated rings. The van der Waals surface area contributed by atoms with Crippen molar-refractivity contribution in [2.75, 3.05) is 0 Å². The van der Waals surface area contributed by atoms with Crippen molar-refractivity contribution < 1.29 is 0 Å². The van der Waals surface area contributed by atoms with Gasteiger partial charge in [-0.3, -0.25) is 0 Å². The lowest BCUT2D eigenvalue weighted by atomic mass is 10.4. The number of rotatable bonds is 0. The molecule has 0 aliphatic heterocycles. The molecule has 0 N–H and O–H groups in total. The van der Waals surface area contributed by atoms with Gasteiger partial charge in [-0.05, 0) is 19.1 Å². The lowest BCUT2D eigenvalue weighted by molar-refractivity contribution is 1.11. The third-order valence-corrected chi connectivity index (χ3v) is 1.53. The van der Waals surface area contributed by atoms with E-state index < -0.39 is 0 Å². The van der Waals surface area contributed by atoms with Crippen LogP contribution in [0.3, 0.4) is 0 Å². The molecule has 1 radical (unpaired) electrons. The number of aryl methyl sites for hydroxylation is 1. The summed E-state index contributed by atoms with van der Waals surface area (Å²) in [5.41, 5.74) is 2.01. The van der Waals surface area contributed by atoms with Gasteiger partial charge in [0.2, 0.25) is 0 Å². The summed E-state index contributed by atoms with van der Waals surface area (Å²) in [5.74, 6) is 0. The molecule has 2 nitrogen and oxygen atoms in total. The predicted octanol–water partition coefficient (Wildman–Crippen LogP) is 1.44. The molecule has 10 heavy (non-hydrogen) atoms. The molecule has 0 saturated carbocycles. The second-order valence-corrected chi connectivity index (χ2v) is 2.24. The molecule has 0 bridgehead atoms. The van der Waals surface area contributed by atoms with Gasteiger partial charge in [0.1, 0.15) is 11.8 Å². The Balaban J connectivity index is 2.93. The van der Waals surface area contributed by atoms with Crippen LogP contribution in [0.15, 0.2) is 24.4 Å². The van der Waals surface area contributed by atoms with Gasteiger partial charge in [-0.15, -0.1) is 0 Å². The van der Waals surface area contributed by atoms with Crippen molar-refractivity contribution in [3.63, 3.8) is 0 Å². The molecule has 2 aromatic rings. The van der Waals surface area contributed by atoms with Gasteiger partial charge in [0.05, 0.1) is 0 Å². The molecule has 0 aliphatic rings. The van der Waals surface area contributed by atoms with E-state index in [4.69, 9.17) is 0 Å². The maximum atomic E-state index is 4.06. The van der Waals surface area contributed by atoms with E-state index in [1.165, 1.54) is 0 Å². The maximum Gasteiger partial charge on any atom is 0.137 e. The van der Waals surface area contributed by atoms with Crippen LogP contribution in [0, 0.1) is 13.1 Å². The van der Waals surface area contributed by atoms with Crippen LogP contribution in [-0.4, -0.2) is 9.38 Å². The number of hydrogen-bond acceptors (Lipinski definition) is 1. The highest BCUT2D eigenvalue weighted by atomic mass is 15.0. The normalized spacial score (nSPS) is 10.5. The van der Waals surface area contributed by atoms with E-state index in [-0.39, 0.29) is 0 Å². The molecule has 0 atom stereocenters. The van der Waals surface area contributed by atoms with Crippen molar-refractivity contribution in [3.05, 3.63) is 36.3 Å². The Morgan fingerprint density at radius 3 is 3.20 bits per heavy atom. The van der Waals surface area contributed by atoms with Crippen LogP contribution in [0.1, 0.15) is 5.69 Å². The molecule has 2 rings (SSSR count). The van der Waals surface area contributed by atoms with Gasteiger partial charge >= 0.3 is 0 Å². The van der Waals surface area contributed by atoms with Crippen molar-refractivity contribution in [1.29, 1.82) is 0 Å². The van der Waals surface area contributed by atoms with Crippen LogP contribution in [-0.2, 0) is 0 Å². The highest BCUT2D eigenvalue weighted by Gasteiger charge is 1.94. The fourth-order valence-electron chi connectivity index (χ4n) is 1.00. The number of fused-ring (bicyclic) bond motifs is 1. The van der Waals surface area contributed by atoms with E-state index in [2.05, 4.69) is 11.2 Å². The van der Waals surface area contributed by atoms with Crippen LogP contribution in [0.5, 0.6) is 0 Å². The highest BCUT2D eigenvalue weighted by Crippen LogP contribution is 2.02. The average Bonchev–Trinajstić information content (AvgIpc) is 2.34. The van der Waals surface area contributed by atoms with Crippen LogP contribution in [0.25, 0.3) is 5.65 Å². The zero-order chi connectivity index (χ0) is 6.97. The Hall–Kier alpha value is -1.31. The smallest absolute Gasteiger partial charge is 0.137 e. The van der Waals surface area contributed by atoms with Crippen LogP contribution in [0.2, 0.25) is 0 Å². The first-order valence-electron chi connectivity index (χ1n) is 3.19. The minimum atomic E-state index is 0.958. The molecule has 0 saturated heterocycles. The molecule has 2 aromatic heterocycles. The number of imidazole rings is 1. The van der Waals surface area contributed by atoms with Gasteiger partial charge in [-0.2, -0.15) is 0 Å². The summed E-state index contributed by atoms with van der Waals surface area (Å²) in [5, 5.41) is 0. The second-order valence-electron chi connectivity index (χ2n) is 2.24. The molecule has 2 heteroatoms. The molecule has 0 spiro atoms.